The highest BCUT2D eigenvalue weighted by molar-refractivity contribution is 6.32. The summed E-state index contributed by atoms with van der Waals surface area (Å²) < 4.78 is 2.07. The van der Waals surface area contributed by atoms with Gasteiger partial charge >= 0.3 is 0 Å². The molecule has 1 aromatic carbocycles. The second kappa shape index (κ2) is 6.13. The maximum atomic E-state index is 6.17. The van der Waals surface area contributed by atoms with Crippen LogP contribution >= 0.6 is 11.6 Å². The molecule has 0 unspecified atom stereocenters. The first-order valence-corrected chi connectivity index (χ1v) is 8.32. The van der Waals surface area contributed by atoms with Crippen LogP contribution in [0.4, 0.5) is 0 Å². The Hall–Kier alpha value is -2.20. The third-order valence-corrected chi connectivity index (χ3v) is 4.68. The zero-order valence-electron chi connectivity index (χ0n) is 12.7. The molecule has 2 aromatic heterocycles. The highest BCUT2D eigenvalue weighted by Gasteiger charge is 2.20. The largest absolute Gasteiger partial charge is 0.244 e. The van der Waals surface area contributed by atoms with Gasteiger partial charge in [0.25, 0.3) is 0 Å². The molecule has 1 aliphatic rings. The van der Waals surface area contributed by atoms with Crippen LogP contribution in [0.25, 0.3) is 23.2 Å². The Morgan fingerprint density at radius 2 is 1.91 bits per heavy atom. The molecule has 23 heavy (non-hydrogen) atoms. The molecule has 4 nitrogen and oxygen atoms in total. The van der Waals surface area contributed by atoms with E-state index in [-0.39, 0.29) is 0 Å². The van der Waals surface area contributed by atoms with Gasteiger partial charge < -0.3 is 0 Å². The quantitative estimate of drug-likeness (QED) is 0.697. The summed E-state index contributed by atoms with van der Waals surface area (Å²) in [6.07, 6.45) is 12.5. The molecule has 2 heterocycles. The van der Waals surface area contributed by atoms with Gasteiger partial charge in [-0.25, -0.2) is 14.6 Å². The molecule has 0 amide bonds. The number of hydrogen-bond donors (Lipinski definition) is 0. The lowest BCUT2D eigenvalue weighted by Gasteiger charge is -2.10. The fraction of sp³-hybridized carbons (Fsp3) is 0.278. The summed E-state index contributed by atoms with van der Waals surface area (Å²) in [6, 6.07) is 8.20. The zero-order chi connectivity index (χ0) is 15.6. The molecule has 1 saturated carbocycles. The van der Waals surface area contributed by atoms with Gasteiger partial charge in [0, 0.05) is 11.2 Å². The molecule has 0 saturated heterocycles. The Kier molecular flexibility index (Phi) is 3.83. The minimum Gasteiger partial charge on any atom is -0.244 e. The first-order valence-electron chi connectivity index (χ1n) is 7.94. The van der Waals surface area contributed by atoms with E-state index in [2.05, 4.69) is 19.7 Å². The Morgan fingerprint density at radius 1 is 1.09 bits per heavy atom. The van der Waals surface area contributed by atoms with Crippen LogP contribution in [0.15, 0.2) is 36.7 Å². The molecule has 5 heteroatoms. The highest BCUT2D eigenvalue weighted by Crippen LogP contribution is 2.31. The van der Waals surface area contributed by atoms with Gasteiger partial charge in [0.05, 0.1) is 17.6 Å². The Morgan fingerprint density at radius 3 is 2.74 bits per heavy atom. The van der Waals surface area contributed by atoms with Crippen molar-refractivity contribution in [1.82, 2.24) is 19.7 Å². The maximum Gasteiger partial charge on any atom is 0.162 e. The predicted octanol–water partition coefficient (Wildman–Crippen LogP) is 4.77. The van der Waals surface area contributed by atoms with E-state index < -0.39 is 0 Å². The fourth-order valence-corrected chi connectivity index (χ4v) is 3.32. The first-order chi connectivity index (χ1) is 11.3. The number of halogens is 1. The zero-order valence-corrected chi connectivity index (χ0v) is 13.4. The molecule has 4 rings (SSSR count). The van der Waals surface area contributed by atoms with Gasteiger partial charge in [-0.15, -0.1) is 0 Å². The summed E-state index contributed by atoms with van der Waals surface area (Å²) >= 11 is 6.17. The standard InChI is InChI=1S/C18H17ClN4/c19-16-8-4-1-5-13(16)9-10-17-20-11-14-12-21-23(18(14)22-17)15-6-2-3-7-15/h1,4-5,8-12,15H,2-3,6-7H2. The van der Waals surface area contributed by atoms with Crippen molar-refractivity contribution in [1.29, 1.82) is 0 Å². The SMILES string of the molecule is Clc1ccccc1C=Cc1ncc2cnn(C3CCCC3)c2n1. The molecule has 0 N–H and O–H groups in total. The lowest BCUT2D eigenvalue weighted by atomic mass is 10.2. The van der Waals surface area contributed by atoms with Crippen LogP contribution in [-0.4, -0.2) is 19.7 Å². The van der Waals surface area contributed by atoms with Gasteiger partial charge in [0.1, 0.15) is 0 Å². The molecule has 1 aliphatic carbocycles. The van der Waals surface area contributed by atoms with Gasteiger partial charge in [-0.1, -0.05) is 42.6 Å². The van der Waals surface area contributed by atoms with E-state index in [1.54, 1.807) is 0 Å². The van der Waals surface area contributed by atoms with Crippen molar-refractivity contribution in [3.8, 4) is 0 Å². The van der Waals surface area contributed by atoms with Crippen molar-refractivity contribution in [3.05, 3.63) is 53.1 Å². The van der Waals surface area contributed by atoms with E-state index in [1.807, 2.05) is 48.8 Å². The number of nitrogens with zero attached hydrogens (tertiary/aromatic N) is 4. The summed E-state index contributed by atoms with van der Waals surface area (Å²) in [5.41, 5.74) is 1.88. The van der Waals surface area contributed by atoms with Crippen molar-refractivity contribution < 1.29 is 0 Å². The molecule has 0 bridgehead atoms. The van der Waals surface area contributed by atoms with Crippen LogP contribution in [0.2, 0.25) is 5.02 Å². The van der Waals surface area contributed by atoms with Crippen LogP contribution in [0, 0.1) is 0 Å². The third kappa shape index (κ3) is 2.86. The Labute approximate surface area is 139 Å². The van der Waals surface area contributed by atoms with Gasteiger partial charge in [-0.05, 0) is 36.6 Å². The normalized spacial score (nSPS) is 15.9. The predicted molar refractivity (Wildman–Crippen MR) is 93.2 cm³/mol. The van der Waals surface area contributed by atoms with Gasteiger partial charge in [0.2, 0.25) is 0 Å². The van der Waals surface area contributed by atoms with Gasteiger partial charge in [-0.3, -0.25) is 0 Å². The van der Waals surface area contributed by atoms with E-state index in [0.717, 1.165) is 21.6 Å². The molecule has 116 valence electrons. The van der Waals surface area contributed by atoms with Crippen LogP contribution in [0.5, 0.6) is 0 Å². The number of aromatic nitrogens is 4. The summed E-state index contributed by atoms with van der Waals surface area (Å²) in [7, 11) is 0. The number of rotatable bonds is 3. The van der Waals surface area contributed by atoms with Crippen molar-refractivity contribution in [2.24, 2.45) is 0 Å². The van der Waals surface area contributed by atoms with E-state index in [4.69, 9.17) is 11.6 Å². The highest BCUT2D eigenvalue weighted by atomic mass is 35.5. The van der Waals surface area contributed by atoms with Crippen molar-refractivity contribution >= 4 is 34.8 Å². The van der Waals surface area contributed by atoms with Gasteiger partial charge in [0.15, 0.2) is 11.5 Å². The average molecular weight is 325 g/mol. The van der Waals surface area contributed by atoms with E-state index in [9.17, 15) is 0 Å². The topological polar surface area (TPSA) is 43.6 Å². The maximum absolute atomic E-state index is 6.17. The molecule has 0 atom stereocenters. The second-order valence-corrected chi connectivity index (χ2v) is 6.30. The number of hydrogen-bond acceptors (Lipinski definition) is 3. The van der Waals surface area contributed by atoms with E-state index in [0.29, 0.717) is 11.9 Å². The van der Waals surface area contributed by atoms with E-state index >= 15 is 0 Å². The van der Waals surface area contributed by atoms with Gasteiger partial charge in [-0.2, -0.15) is 5.10 Å². The molecule has 0 aliphatic heterocycles. The van der Waals surface area contributed by atoms with Crippen LogP contribution in [-0.2, 0) is 0 Å². The lowest BCUT2D eigenvalue weighted by Crippen LogP contribution is -2.07. The molecular formula is C18H17ClN4. The lowest BCUT2D eigenvalue weighted by molar-refractivity contribution is 0.478. The minimum absolute atomic E-state index is 0.475. The smallest absolute Gasteiger partial charge is 0.162 e. The average Bonchev–Trinajstić information content (AvgIpc) is 3.22. The Bertz CT molecular complexity index is 862. The minimum atomic E-state index is 0.475. The number of benzene rings is 1. The van der Waals surface area contributed by atoms with Crippen molar-refractivity contribution in [2.75, 3.05) is 0 Å². The summed E-state index contributed by atoms with van der Waals surface area (Å²) in [4.78, 5) is 9.08. The summed E-state index contributed by atoms with van der Waals surface area (Å²) in [5, 5.41) is 6.24. The summed E-state index contributed by atoms with van der Waals surface area (Å²) in [6.45, 7) is 0. The molecular weight excluding hydrogens is 308 g/mol. The fourth-order valence-electron chi connectivity index (χ4n) is 3.12. The number of fused-ring (bicyclic) bond motifs is 1. The molecule has 0 radical (unpaired) electrons. The first kappa shape index (κ1) is 14.4. The summed E-state index contributed by atoms with van der Waals surface area (Å²) in [5.74, 6) is 0.678. The monoisotopic (exact) mass is 324 g/mol. The molecule has 3 aromatic rings. The van der Waals surface area contributed by atoms with E-state index in [1.165, 1.54) is 25.7 Å². The van der Waals surface area contributed by atoms with Crippen molar-refractivity contribution in [3.63, 3.8) is 0 Å². The third-order valence-electron chi connectivity index (χ3n) is 4.34. The van der Waals surface area contributed by atoms with Crippen molar-refractivity contribution in [2.45, 2.75) is 31.7 Å². The Balaban J connectivity index is 1.68. The van der Waals surface area contributed by atoms with Crippen LogP contribution < -0.4 is 0 Å². The molecule has 1 fully saturated rings. The van der Waals surface area contributed by atoms with Crippen LogP contribution in [0.3, 0.4) is 0 Å². The van der Waals surface area contributed by atoms with Crippen LogP contribution in [0.1, 0.15) is 43.1 Å². The molecule has 0 spiro atoms. The second-order valence-electron chi connectivity index (χ2n) is 5.89.